The molecule has 100 valence electrons. The molecule has 8 heteroatoms. The van der Waals surface area contributed by atoms with Crippen LogP contribution in [0.3, 0.4) is 0 Å². The molecule has 2 aromatic rings. The molecule has 1 amide bonds. The highest BCUT2D eigenvalue weighted by Crippen LogP contribution is 2.14. The van der Waals surface area contributed by atoms with Crippen molar-refractivity contribution in [1.29, 1.82) is 0 Å². The van der Waals surface area contributed by atoms with Crippen LogP contribution in [0.25, 0.3) is 0 Å². The van der Waals surface area contributed by atoms with Crippen molar-refractivity contribution in [3.05, 3.63) is 51.8 Å². The summed E-state index contributed by atoms with van der Waals surface area (Å²) in [5.41, 5.74) is 2.52. The molecule has 1 aromatic carbocycles. The van der Waals surface area contributed by atoms with Crippen LogP contribution >= 0.6 is 27.3 Å². The van der Waals surface area contributed by atoms with Crippen molar-refractivity contribution in [2.24, 2.45) is 0 Å². The van der Waals surface area contributed by atoms with E-state index in [2.05, 4.69) is 21.4 Å². The summed E-state index contributed by atoms with van der Waals surface area (Å²) in [6.45, 7) is 0. The van der Waals surface area contributed by atoms with Gasteiger partial charge in [0.15, 0.2) is 0 Å². The van der Waals surface area contributed by atoms with Gasteiger partial charge in [-0.2, -0.15) is 0 Å². The summed E-state index contributed by atoms with van der Waals surface area (Å²) >= 11 is 4.32. The number of hydrazine groups is 1. The van der Waals surface area contributed by atoms with Crippen molar-refractivity contribution in [3.63, 3.8) is 0 Å². The highest BCUT2D eigenvalue weighted by molar-refractivity contribution is 9.10. The first-order valence-corrected chi connectivity index (χ1v) is 8.26. The van der Waals surface area contributed by atoms with Crippen LogP contribution in [0.2, 0.25) is 0 Å². The second kappa shape index (κ2) is 5.83. The zero-order valence-corrected chi connectivity index (χ0v) is 12.7. The van der Waals surface area contributed by atoms with Gasteiger partial charge in [-0.25, -0.2) is 8.42 Å². The lowest BCUT2D eigenvalue weighted by Gasteiger charge is -2.06. The van der Waals surface area contributed by atoms with Crippen molar-refractivity contribution >= 4 is 43.2 Å². The van der Waals surface area contributed by atoms with Crippen LogP contribution in [0.4, 0.5) is 0 Å². The zero-order chi connectivity index (χ0) is 13.9. The number of amides is 1. The van der Waals surface area contributed by atoms with E-state index >= 15 is 0 Å². The first-order chi connectivity index (χ1) is 8.99. The summed E-state index contributed by atoms with van der Waals surface area (Å²) in [7, 11) is -3.70. The predicted molar refractivity (Wildman–Crippen MR) is 76.2 cm³/mol. The van der Waals surface area contributed by atoms with E-state index in [9.17, 15) is 13.2 Å². The fraction of sp³-hybridized carbons (Fsp3) is 0. The molecule has 2 rings (SSSR count). The molecule has 2 N–H and O–H groups in total. The molecule has 0 saturated carbocycles. The van der Waals surface area contributed by atoms with Crippen LogP contribution < -0.4 is 10.3 Å². The first-order valence-electron chi connectivity index (χ1n) is 5.10. The smallest absolute Gasteiger partial charge is 0.266 e. The molecule has 0 atom stereocenters. The summed E-state index contributed by atoms with van der Waals surface area (Å²) in [6, 6.07) is 9.64. The molecule has 19 heavy (non-hydrogen) atoms. The molecular formula is C11H9BrN2O3S2. The van der Waals surface area contributed by atoms with E-state index in [0.29, 0.717) is 5.56 Å². The molecule has 0 unspecified atom stereocenters. The van der Waals surface area contributed by atoms with Gasteiger partial charge < -0.3 is 0 Å². The van der Waals surface area contributed by atoms with E-state index in [1.807, 2.05) is 4.83 Å². The van der Waals surface area contributed by atoms with Crippen molar-refractivity contribution in [1.82, 2.24) is 10.3 Å². The number of hydrogen-bond acceptors (Lipinski definition) is 4. The third kappa shape index (κ3) is 3.63. The Balaban J connectivity index is 2.03. The number of hydrogen-bond donors (Lipinski definition) is 2. The summed E-state index contributed by atoms with van der Waals surface area (Å²) in [4.78, 5) is 13.8. The minimum absolute atomic E-state index is 0.142. The molecule has 1 aromatic heterocycles. The summed E-state index contributed by atoms with van der Waals surface area (Å²) < 4.78 is 24.5. The lowest BCUT2D eigenvalue weighted by Crippen LogP contribution is -2.41. The van der Waals surface area contributed by atoms with E-state index in [1.165, 1.54) is 6.07 Å². The quantitative estimate of drug-likeness (QED) is 0.820. The van der Waals surface area contributed by atoms with Crippen molar-refractivity contribution in [2.45, 2.75) is 4.21 Å². The molecule has 0 aliphatic heterocycles. The van der Waals surface area contributed by atoms with Gasteiger partial charge in [-0.05, 0) is 35.7 Å². The third-order valence-electron chi connectivity index (χ3n) is 2.17. The predicted octanol–water partition coefficient (Wildman–Crippen LogP) is 2.13. The summed E-state index contributed by atoms with van der Waals surface area (Å²) in [6.07, 6.45) is 0. The maximum Gasteiger partial charge on any atom is 0.266 e. The molecule has 0 radical (unpaired) electrons. The van der Waals surface area contributed by atoms with Gasteiger partial charge in [-0.15, -0.1) is 16.2 Å². The molecule has 0 saturated heterocycles. The molecule has 0 aliphatic carbocycles. The van der Waals surface area contributed by atoms with Crippen molar-refractivity contribution in [2.75, 3.05) is 0 Å². The van der Waals surface area contributed by atoms with E-state index < -0.39 is 15.9 Å². The summed E-state index contributed by atoms with van der Waals surface area (Å²) in [5, 5.41) is 1.64. The monoisotopic (exact) mass is 360 g/mol. The second-order valence-corrected chi connectivity index (χ2v) is 7.27. The van der Waals surface area contributed by atoms with Gasteiger partial charge in [0.1, 0.15) is 4.21 Å². The topological polar surface area (TPSA) is 75.3 Å². The number of sulfonamides is 1. The average Bonchev–Trinajstić information content (AvgIpc) is 2.91. The normalized spacial score (nSPS) is 11.2. The van der Waals surface area contributed by atoms with Gasteiger partial charge >= 0.3 is 0 Å². The molecular weight excluding hydrogens is 352 g/mol. The van der Waals surface area contributed by atoms with Gasteiger partial charge in [0.25, 0.3) is 15.9 Å². The lowest BCUT2D eigenvalue weighted by atomic mass is 10.2. The fourth-order valence-corrected chi connectivity index (χ4v) is 3.35. The number of nitrogens with one attached hydrogen (secondary N) is 2. The molecule has 5 nitrogen and oxygen atoms in total. The van der Waals surface area contributed by atoms with E-state index in [0.717, 1.165) is 15.8 Å². The van der Waals surface area contributed by atoms with Crippen LogP contribution in [-0.4, -0.2) is 14.3 Å². The molecule has 0 fully saturated rings. The highest BCUT2D eigenvalue weighted by Gasteiger charge is 2.16. The number of carbonyl (C=O) groups is 1. The lowest BCUT2D eigenvalue weighted by molar-refractivity contribution is 0.0945. The number of rotatable bonds is 4. The Hall–Kier alpha value is -1.22. The Bertz CT molecular complexity index is 666. The highest BCUT2D eigenvalue weighted by atomic mass is 79.9. The SMILES string of the molecule is O=C(NNS(=O)(=O)c1cccs1)c1ccc(Br)cc1. The number of benzene rings is 1. The maximum atomic E-state index is 11.8. The van der Waals surface area contributed by atoms with E-state index in [-0.39, 0.29) is 4.21 Å². The Labute approximate surface area is 122 Å². The Kier molecular flexibility index (Phi) is 4.35. The summed E-state index contributed by atoms with van der Waals surface area (Å²) in [5.74, 6) is -0.521. The van der Waals surface area contributed by atoms with Gasteiger partial charge in [0.2, 0.25) is 0 Å². The number of halogens is 1. The van der Waals surface area contributed by atoms with Gasteiger partial charge in [0.05, 0.1) is 0 Å². The van der Waals surface area contributed by atoms with Crippen LogP contribution in [0.15, 0.2) is 50.5 Å². The number of carbonyl (C=O) groups excluding carboxylic acids is 1. The standard InChI is InChI=1S/C11H9BrN2O3S2/c12-9-5-3-8(4-6-9)11(15)13-14-19(16,17)10-2-1-7-18-10/h1-7,14H,(H,13,15). The second-order valence-electron chi connectivity index (χ2n) is 3.50. The van der Waals surface area contributed by atoms with Gasteiger partial charge in [-0.3, -0.25) is 10.2 Å². The van der Waals surface area contributed by atoms with Crippen LogP contribution in [0.5, 0.6) is 0 Å². The Morgan fingerprint density at radius 1 is 1.16 bits per heavy atom. The molecule has 0 spiro atoms. The molecule has 1 heterocycles. The van der Waals surface area contributed by atoms with E-state index in [1.54, 1.807) is 35.7 Å². The molecule has 0 aliphatic rings. The number of thiophene rings is 1. The van der Waals surface area contributed by atoms with Gasteiger partial charge in [-0.1, -0.05) is 22.0 Å². The Morgan fingerprint density at radius 2 is 1.84 bits per heavy atom. The van der Waals surface area contributed by atoms with Crippen LogP contribution in [0.1, 0.15) is 10.4 Å². The van der Waals surface area contributed by atoms with Crippen LogP contribution in [0, 0.1) is 0 Å². The average molecular weight is 361 g/mol. The van der Waals surface area contributed by atoms with Crippen LogP contribution in [-0.2, 0) is 10.0 Å². The maximum absolute atomic E-state index is 11.8. The van der Waals surface area contributed by atoms with Crippen molar-refractivity contribution in [3.8, 4) is 0 Å². The third-order valence-corrected chi connectivity index (χ3v) is 5.34. The first kappa shape index (κ1) is 14.2. The zero-order valence-electron chi connectivity index (χ0n) is 9.46. The van der Waals surface area contributed by atoms with Gasteiger partial charge in [0, 0.05) is 10.0 Å². The molecule has 0 bridgehead atoms. The van der Waals surface area contributed by atoms with E-state index in [4.69, 9.17) is 0 Å². The fourth-order valence-electron chi connectivity index (χ4n) is 1.25. The Morgan fingerprint density at radius 3 is 2.42 bits per heavy atom. The minimum atomic E-state index is -3.70. The largest absolute Gasteiger partial charge is 0.273 e. The van der Waals surface area contributed by atoms with Crippen molar-refractivity contribution < 1.29 is 13.2 Å². The minimum Gasteiger partial charge on any atom is -0.273 e.